The lowest BCUT2D eigenvalue weighted by molar-refractivity contribution is -0.136. The van der Waals surface area contributed by atoms with Crippen molar-refractivity contribution in [1.29, 1.82) is 0 Å². The number of ether oxygens (including phenoxy) is 2. The summed E-state index contributed by atoms with van der Waals surface area (Å²) >= 11 is 0. The lowest BCUT2D eigenvalue weighted by Crippen LogP contribution is -2.02. The second-order valence-corrected chi connectivity index (χ2v) is 5.43. The maximum absolute atomic E-state index is 12.1. The molecule has 0 unspecified atom stereocenters. The summed E-state index contributed by atoms with van der Waals surface area (Å²) in [5.41, 5.74) is 0.711. The molecule has 0 spiro atoms. The average molecular weight is 328 g/mol. The van der Waals surface area contributed by atoms with Gasteiger partial charge < -0.3 is 23.4 Å². The zero-order chi connectivity index (χ0) is 16.8. The first-order valence-corrected chi connectivity index (χ1v) is 7.21. The SMILES string of the molecule is Cc1cc(=O)c2oc(-c3ccc4c(c3)OCO4)c(CC(=O)O)c2o1. The third-order valence-corrected chi connectivity index (χ3v) is 3.74. The molecule has 0 amide bonds. The van der Waals surface area contributed by atoms with Crippen LogP contribution in [-0.4, -0.2) is 17.9 Å². The van der Waals surface area contributed by atoms with Gasteiger partial charge in [0.2, 0.25) is 17.8 Å². The first kappa shape index (κ1) is 14.4. The Bertz CT molecular complexity index is 1030. The molecule has 7 nitrogen and oxygen atoms in total. The molecule has 1 aliphatic rings. The summed E-state index contributed by atoms with van der Waals surface area (Å²) in [6, 6.07) is 6.41. The van der Waals surface area contributed by atoms with Crippen LogP contribution >= 0.6 is 0 Å². The highest BCUT2D eigenvalue weighted by Crippen LogP contribution is 2.39. The number of fused-ring (bicyclic) bond motifs is 2. The van der Waals surface area contributed by atoms with Crippen molar-refractivity contribution in [1.82, 2.24) is 0 Å². The van der Waals surface area contributed by atoms with E-state index < -0.39 is 5.97 Å². The number of carboxylic acids is 1. The van der Waals surface area contributed by atoms with Crippen LogP contribution in [0.15, 0.2) is 37.9 Å². The number of carbonyl (C=O) groups is 1. The van der Waals surface area contributed by atoms with Crippen molar-refractivity contribution in [2.45, 2.75) is 13.3 Å². The van der Waals surface area contributed by atoms with Crippen LogP contribution in [0.3, 0.4) is 0 Å². The Hall–Kier alpha value is -3.22. The molecule has 1 N–H and O–H groups in total. The maximum Gasteiger partial charge on any atom is 0.308 e. The van der Waals surface area contributed by atoms with Crippen LogP contribution in [0.2, 0.25) is 0 Å². The molecule has 1 aromatic carbocycles. The van der Waals surface area contributed by atoms with Crippen LogP contribution in [-0.2, 0) is 11.2 Å². The molecular weight excluding hydrogens is 316 g/mol. The maximum atomic E-state index is 12.1. The van der Waals surface area contributed by atoms with Crippen LogP contribution < -0.4 is 14.9 Å². The molecule has 0 bridgehead atoms. The lowest BCUT2D eigenvalue weighted by atomic mass is 10.1. The molecular formula is C17H12O7. The van der Waals surface area contributed by atoms with E-state index >= 15 is 0 Å². The van der Waals surface area contributed by atoms with Crippen molar-refractivity contribution in [3.05, 3.63) is 45.8 Å². The molecule has 0 atom stereocenters. The van der Waals surface area contributed by atoms with Gasteiger partial charge in [0.25, 0.3) is 0 Å². The largest absolute Gasteiger partial charge is 0.481 e. The van der Waals surface area contributed by atoms with Crippen LogP contribution in [0.5, 0.6) is 11.5 Å². The summed E-state index contributed by atoms with van der Waals surface area (Å²) in [6.45, 7) is 1.75. The number of furan rings is 1. The van der Waals surface area contributed by atoms with Gasteiger partial charge in [0.05, 0.1) is 12.0 Å². The molecule has 24 heavy (non-hydrogen) atoms. The highest BCUT2D eigenvalue weighted by atomic mass is 16.7. The molecule has 0 saturated heterocycles. The van der Waals surface area contributed by atoms with E-state index in [0.717, 1.165) is 0 Å². The second kappa shape index (κ2) is 5.16. The number of carboxylic acid groups (broad SMARTS) is 1. The van der Waals surface area contributed by atoms with Crippen molar-refractivity contribution in [3.8, 4) is 22.8 Å². The predicted molar refractivity (Wildman–Crippen MR) is 82.4 cm³/mol. The fraction of sp³-hybridized carbons (Fsp3) is 0.176. The summed E-state index contributed by atoms with van der Waals surface area (Å²) in [4.78, 5) is 23.4. The summed E-state index contributed by atoms with van der Waals surface area (Å²) in [5, 5.41) is 9.20. The van der Waals surface area contributed by atoms with Gasteiger partial charge in [-0.3, -0.25) is 9.59 Å². The molecule has 4 rings (SSSR count). The van der Waals surface area contributed by atoms with E-state index in [-0.39, 0.29) is 35.6 Å². The average Bonchev–Trinajstić information content (AvgIpc) is 3.11. The van der Waals surface area contributed by atoms with Crippen LogP contribution in [0.25, 0.3) is 22.5 Å². The van der Waals surface area contributed by atoms with Crippen molar-refractivity contribution in [2.75, 3.05) is 6.79 Å². The van der Waals surface area contributed by atoms with Crippen molar-refractivity contribution in [3.63, 3.8) is 0 Å². The van der Waals surface area contributed by atoms with Gasteiger partial charge in [0.15, 0.2) is 17.1 Å². The quantitative estimate of drug-likeness (QED) is 0.789. The first-order chi connectivity index (χ1) is 11.5. The minimum absolute atomic E-state index is 0.00418. The van der Waals surface area contributed by atoms with E-state index in [1.807, 2.05) is 0 Å². The summed E-state index contributed by atoms with van der Waals surface area (Å²) in [7, 11) is 0. The molecule has 0 aliphatic carbocycles. The monoisotopic (exact) mass is 328 g/mol. The smallest absolute Gasteiger partial charge is 0.308 e. The van der Waals surface area contributed by atoms with Crippen molar-refractivity contribution < 1.29 is 28.2 Å². The van der Waals surface area contributed by atoms with Gasteiger partial charge in [0, 0.05) is 11.6 Å². The Labute approximate surface area is 135 Å². The zero-order valence-electron chi connectivity index (χ0n) is 12.6. The van der Waals surface area contributed by atoms with E-state index in [1.54, 1.807) is 25.1 Å². The number of hydrogen-bond acceptors (Lipinski definition) is 6. The van der Waals surface area contributed by atoms with Gasteiger partial charge in [-0.2, -0.15) is 0 Å². The standard InChI is InChI=1S/C17H12O7/c1-8-4-11(18)17-16(23-8)10(6-14(19)20)15(24-17)9-2-3-12-13(5-9)22-7-21-12/h2-5H,6-7H2,1H3,(H,19,20). The topological polar surface area (TPSA) is 99.1 Å². The zero-order valence-corrected chi connectivity index (χ0v) is 12.6. The van der Waals surface area contributed by atoms with Gasteiger partial charge in [-0.25, -0.2) is 0 Å². The summed E-state index contributed by atoms with van der Waals surface area (Å²) < 4.78 is 21.8. The minimum Gasteiger partial charge on any atom is -0.481 e. The molecule has 1 aliphatic heterocycles. The van der Waals surface area contributed by atoms with E-state index in [4.69, 9.17) is 18.3 Å². The normalized spacial score (nSPS) is 12.7. The predicted octanol–water partition coefficient (Wildman–Crippen LogP) is 2.72. The van der Waals surface area contributed by atoms with Gasteiger partial charge in [-0.15, -0.1) is 0 Å². The molecule has 0 fully saturated rings. The molecule has 122 valence electrons. The fourth-order valence-electron chi connectivity index (χ4n) is 2.74. The van der Waals surface area contributed by atoms with Crippen molar-refractivity contribution >= 4 is 17.1 Å². The Kier molecular flexibility index (Phi) is 3.09. The van der Waals surface area contributed by atoms with Crippen molar-refractivity contribution in [2.24, 2.45) is 0 Å². The minimum atomic E-state index is -1.05. The Morgan fingerprint density at radius 2 is 1.92 bits per heavy atom. The Balaban J connectivity index is 1.98. The Morgan fingerprint density at radius 1 is 1.12 bits per heavy atom. The van der Waals surface area contributed by atoms with Gasteiger partial charge in [0.1, 0.15) is 11.5 Å². The van der Waals surface area contributed by atoms with Crippen LogP contribution in [0.1, 0.15) is 11.3 Å². The van der Waals surface area contributed by atoms with E-state index in [0.29, 0.717) is 28.4 Å². The van der Waals surface area contributed by atoms with Crippen LogP contribution in [0, 0.1) is 6.92 Å². The third kappa shape index (κ3) is 2.21. The lowest BCUT2D eigenvalue weighted by Gasteiger charge is -2.02. The third-order valence-electron chi connectivity index (χ3n) is 3.74. The molecule has 3 aromatic rings. The van der Waals surface area contributed by atoms with E-state index in [1.165, 1.54) is 6.07 Å². The Morgan fingerprint density at radius 3 is 2.71 bits per heavy atom. The molecule has 7 heteroatoms. The number of hydrogen-bond donors (Lipinski definition) is 1. The number of benzene rings is 1. The molecule has 2 aromatic heterocycles. The fourth-order valence-corrected chi connectivity index (χ4v) is 2.74. The van der Waals surface area contributed by atoms with Gasteiger partial charge >= 0.3 is 5.97 Å². The first-order valence-electron chi connectivity index (χ1n) is 7.21. The summed E-state index contributed by atoms with van der Waals surface area (Å²) in [5.74, 6) is 0.738. The number of rotatable bonds is 3. The van der Waals surface area contributed by atoms with E-state index in [9.17, 15) is 14.7 Å². The van der Waals surface area contributed by atoms with E-state index in [2.05, 4.69) is 0 Å². The highest BCUT2D eigenvalue weighted by molar-refractivity contribution is 5.88. The summed E-state index contributed by atoms with van der Waals surface area (Å²) in [6.07, 6.45) is -0.330. The molecule has 0 radical (unpaired) electrons. The molecule has 0 saturated carbocycles. The highest BCUT2D eigenvalue weighted by Gasteiger charge is 2.24. The number of aryl methyl sites for hydroxylation is 1. The van der Waals surface area contributed by atoms with Gasteiger partial charge in [-0.05, 0) is 25.1 Å². The van der Waals surface area contributed by atoms with Gasteiger partial charge in [-0.1, -0.05) is 0 Å². The molecule has 3 heterocycles. The number of aliphatic carboxylic acids is 1. The second-order valence-electron chi connectivity index (χ2n) is 5.43. The van der Waals surface area contributed by atoms with Crippen LogP contribution in [0.4, 0.5) is 0 Å².